The summed E-state index contributed by atoms with van der Waals surface area (Å²) in [5, 5.41) is 4.58. The van der Waals surface area contributed by atoms with E-state index >= 15 is 0 Å². The number of nitrogens with zero attached hydrogens (tertiary/aromatic N) is 5. The minimum Gasteiger partial charge on any atom is -0.341 e. The van der Waals surface area contributed by atoms with Crippen LogP contribution < -0.4 is 10.5 Å². The Balaban J connectivity index is 1.38. The van der Waals surface area contributed by atoms with Crippen LogP contribution in [0.15, 0.2) is 33.8 Å². The molecule has 1 saturated heterocycles. The van der Waals surface area contributed by atoms with Crippen LogP contribution in [0.5, 0.6) is 0 Å². The molecule has 0 aromatic carbocycles. The standard InChI is InChI=1S/C17H20BrN5O/c18-14-9-19-17(20-10-14)22-7-5-12(6-8-22)11-23-16(24)4-3-15(21-23)13-1-2-13/h3-4,9-10,12-13H,1-2,5-8,11H2. The van der Waals surface area contributed by atoms with Gasteiger partial charge >= 0.3 is 0 Å². The van der Waals surface area contributed by atoms with E-state index in [1.165, 1.54) is 12.8 Å². The molecule has 0 N–H and O–H groups in total. The average molecular weight is 390 g/mol. The molecule has 2 fully saturated rings. The second-order valence-corrected chi connectivity index (χ2v) is 7.60. The van der Waals surface area contributed by atoms with Gasteiger partial charge in [0.05, 0.1) is 10.2 Å². The first-order chi connectivity index (χ1) is 11.7. The maximum absolute atomic E-state index is 12.1. The summed E-state index contributed by atoms with van der Waals surface area (Å²) in [6.45, 7) is 2.56. The first-order valence-corrected chi connectivity index (χ1v) is 9.29. The van der Waals surface area contributed by atoms with Gasteiger partial charge in [-0.15, -0.1) is 0 Å². The lowest BCUT2D eigenvalue weighted by atomic mass is 9.97. The van der Waals surface area contributed by atoms with Gasteiger partial charge in [-0.25, -0.2) is 14.6 Å². The topological polar surface area (TPSA) is 63.9 Å². The van der Waals surface area contributed by atoms with Crippen LogP contribution in [0.4, 0.5) is 5.95 Å². The molecule has 126 valence electrons. The summed E-state index contributed by atoms with van der Waals surface area (Å²) in [6.07, 6.45) is 8.03. The summed E-state index contributed by atoms with van der Waals surface area (Å²) in [6, 6.07) is 3.56. The SMILES string of the molecule is O=c1ccc(C2CC2)nn1CC1CCN(c2ncc(Br)cn2)CC1. The lowest BCUT2D eigenvalue weighted by Gasteiger charge is -2.31. The van der Waals surface area contributed by atoms with Crippen molar-refractivity contribution in [2.75, 3.05) is 18.0 Å². The third-order valence-corrected chi connectivity index (χ3v) is 5.23. The molecule has 24 heavy (non-hydrogen) atoms. The van der Waals surface area contributed by atoms with Crippen LogP contribution in [-0.4, -0.2) is 32.8 Å². The molecule has 3 heterocycles. The Morgan fingerprint density at radius 2 is 1.79 bits per heavy atom. The smallest absolute Gasteiger partial charge is 0.266 e. The number of piperidine rings is 1. The summed E-state index contributed by atoms with van der Waals surface area (Å²) in [5.41, 5.74) is 1.09. The summed E-state index contributed by atoms with van der Waals surface area (Å²) in [4.78, 5) is 23.0. The molecule has 0 atom stereocenters. The Kier molecular flexibility index (Phi) is 4.35. The van der Waals surface area contributed by atoms with Crippen LogP contribution in [0.2, 0.25) is 0 Å². The fraction of sp³-hybridized carbons (Fsp3) is 0.529. The van der Waals surface area contributed by atoms with Gasteiger partial charge in [0.15, 0.2) is 0 Å². The second-order valence-electron chi connectivity index (χ2n) is 6.68. The van der Waals surface area contributed by atoms with E-state index in [-0.39, 0.29) is 5.56 Å². The van der Waals surface area contributed by atoms with E-state index in [2.05, 4.69) is 35.9 Å². The van der Waals surface area contributed by atoms with Gasteiger partial charge in [0.25, 0.3) is 5.56 Å². The van der Waals surface area contributed by atoms with Gasteiger partial charge in [0.1, 0.15) is 0 Å². The average Bonchev–Trinajstić information content (AvgIpc) is 3.43. The molecule has 0 bridgehead atoms. The van der Waals surface area contributed by atoms with E-state index in [9.17, 15) is 4.79 Å². The first-order valence-electron chi connectivity index (χ1n) is 8.49. The Labute approximate surface area is 149 Å². The lowest BCUT2D eigenvalue weighted by molar-refractivity contribution is 0.332. The van der Waals surface area contributed by atoms with E-state index in [4.69, 9.17) is 0 Å². The zero-order chi connectivity index (χ0) is 16.5. The molecule has 0 spiro atoms. The van der Waals surface area contributed by atoms with E-state index in [0.717, 1.165) is 42.0 Å². The van der Waals surface area contributed by atoms with Gasteiger partial charge < -0.3 is 4.90 Å². The third-order valence-electron chi connectivity index (χ3n) is 4.82. The molecule has 1 saturated carbocycles. The van der Waals surface area contributed by atoms with Crippen molar-refractivity contribution in [1.29, 1.82) is 0 Å². The third kappa shape index (κ3) is 3.50. The molecule has 0 amide bonds. The van der Waals surface area contributed by atoms with Crippen molar-refractivity contribution in [3.8, 4) is 0 Å². The van der Waals surface area contributed by atoms with Gasteiger partial charge in [-0.2, -0.15) is 5.10 Å². The molecule has 0 radical (unpaired) electrons. The van der Waals surface area contributed by atoms with Crippen molar-refractivity contribution < 1.29 is 0 Å². The molecule has 7 heteroatoms. The quantitative estimate of drug-likeness (QED) is 0.803. The van der Waals surface area contributed by atoms with Gasteiger partial charge in [-0.3, -0.25) is 4.79 Å². The molecule has 2 aromatic rings. The Hall–Kier alpha value is -1.76. The molecular formula is C17H20BrN5O. The van der Waals surface area contributed by atoms with E-state index in [1.54, 1.807) is 23.1 Å². The predicted molar refractivity (Wildman–Crippen MR) is 95.1 cm³/mol. The van der Waals surface area contributed by atoms with E-state index in [0.29, 0.717) is 18.4 Å². The largest absolute Gasteiger partial charge is 0.341 e. The van der Waals surface area contributed by atoms with Crippen molar-refractivity contribution >= 4 is 21.9 Å². The molecule has 4 rings (SSSR count). The maximum atomic E-state index is 12.1. The number of hydrogen-bond acceptors (Lipinski definition) is 5. The van der Waals surface area contributed by atoms with Gasteiger partial charge in [0, 0.05) is 44.0 Å². The van der Waals surface area contributed by atoms with Gasteiger partial charge in [0.2, 0.25) is 5.95 Å². The van der Waals surface area contributed by atoms with Gasteiger partial charge in [-0.1, -0.05) is 0 Å². The summed E-state index contributed by atoms with van der Waals surface area (Å²) in [5.74, 6) is 1.84. The van der Waals surface area contributed by atoms with Crippen LogP contribution in [0.3, 0.4) is 0 Å². The second kappa shape index (κ2) is 6.63. The normalized spacial score (nSPS) is 18.8. The van der Waals surface area contributed by atoms with E-state index in [1.807, 2.05) is 6.07 Å². The zero-order valence-corrected chi connectivity index (χ0v) is 15.0. The van der Waals surface area contributed by atoms with Crippen LogP contribution in [0.1, 0.15) is 37.3 Å². The molecule has 0 unspecified atom stereocenters. The predicted octanol–water partition coefficient (Wildman–Crippen LogP) is 2.59. The van der Waals surface area contributed by atoms with Gasteiger partial charge in [-0.05, 0) is 53.6 Å². The highest BCUT2D eigenvalue weighted by molar-refractivity contribution is 9.10. The van der Waals surface area contributed by atoms with Crippen LogP contribution in [0.25, 0.3) is 0 Å². The van der Waals surface area contributed by atoms with Crippen molar-refractivity contribution in [2.45, 2.75) is 38.1 Å². The van der Waals surface area contributed by atoms with Crippen molar-refractivity contribution in [1.82, 2.24) is 19.7 Å². The minimum atomic E-state index is 0.0121. The number of hydrogen-bond donors (Lipinski definition) is 0. The highest BCUT2D eigenvalue weighted by Gasteiger charge is 2.26. The number of aromatic nitrogens is 4. The summed E-state index contributed by atoms with van der Waals surface area (Å²) >= 11 is 3.36. The number of rotatable bonds is 4. The van der Waals surface area contributed by atoms with Crippen LogP contribution in [0, 0.1) is 5.92 Å². The first kappa shape index (κ1) is 15.7. The molecule has 6 nitrogen and oxygen atoms in total. The highest BCUT2D eigenvalue weighted by Crippen LogP contribution is 2.38. The molecule has 2 aromatic heterocycles. The molecule has 1 aliphatic heterocycles. The lowest BCUT2D eigenvalue weighted by Crippen LogP contribution is -2.37. The van der Waals surface area contributed by atoms with Crippen LogP contribution >= 0.6 is 15.9 Å². The van der Waals surface area contributed by atoms with E-state index < -0.39 is 0 Å². The molecule has 2 aliphatic rings. The molecular weight excluding hydrogens is 370 g/mol. The Morgan fingerprint density at radius 3 is 2.46 bits per heavy atom. The van der Waals surface area contributed by atoms with Crippen LogP contribution in [-0.2, 0) is 6.54 Å². The fourth-order valence-corrected chi connectivity index (χ4v) is 3.43. The molecule has 1 aliphatic carbocycles. The number of halogens is 1. The fourth-order valence-electron chi connectivity index (χ4n) is 3.22. The number of anilines is 1. The Morgan fingerprint density at radius 1 is 1.08 bits per heavy atom. The maximum Gasteiger partial charge on any atom is 0.266 e. The van der Waals surface area contributed by atoms with Crippen molar-refractivity contribution in [3.63, 3.8) is 0 Å². The van der Waals surface area contributed by atoms with Crippen molar-refractivity contribution in [2.24, 2.45) is 5.92 Å². The zero-order valence-electron chi connectivity index (χ0n) is 13.4. The summed E-state index contributed by atoms with van der Waals surface area (Å²) < 4.78 is 2.56. The summed E-state index contributed by atoms with van der Waals surface area (Å²) in [7, 11) is 0. The highest BCUT2D eigenvalue weighted by atomic mass is 79.9. The Bertz CT molecular complexity index is 763. The minimum absolute atomic E-state index is 0.0121. The monoisotopic (exact) mass is 389 g/mol. The van der Waals surface area contributed by atoms with Crippen molar-refractivity contribution in [3.05, 3.63) is 45.0 Å².